The van der Waals surface area contributed by atoms with E-state index in [-0.39, 0.29) is 5.56 Å². The highest BCUT2D eigenvalue weighted by molar-refractivity contribution is 7.25. The zero-order valence-electron chi connectivity index (χ0n) is 18.3. The van der Waals surface area contributed by atoms with Gasteiger partial charge in [-0.3, -0.25) is 4.79 Å². The summed E-state index contributed by atoms with van der Waals surface area (Å²) in [6.45, 7) is 3.97. The molecule has 1 aromatic carbocycles. The summed E-state index contributed by atoms with van der Waals surface area (Å²) in [6.07, 6.45) is 5.05. The van der Waals surface area contributed by atoms with E-state index in [1.807, 2.05) is 78.6 Å². The Morgan fingerprint density at radius 3 is 2.74 bits per heavy atom. The first-order valence-electron chi connectivity index (χ1n) is 10.6. The third-order valence-electron chi connectivity index (χ3n) is 5.50. The smallest absolute Gasteiger partial charge is 0.266 e. The van der Waals surface area contributed by atoms with Gasteiger partial charge in [-0.2, -0.15) is 14.9 Å². The Kier molecular flexibility index (Phi) is 4.93. The summed E-state index contributed by atoms with van der Waals surface area (Å²) in [5, 5.41) is 12.2. The number of hydrogen-bond donors (Lipinski definition) is 0. The molecule has 0 unspecified atom stereocenters. The van der Waals surface area contributed by atoms with Crippen LogP contribution in [0.4, 0.5) is 0 Å². The standard InChI is InChI=1S/C25H18N6OS2/c1-15-11-16(2)28-24-20(15)22-23(34-24)25(32)31(14-26-22)27-12-17-13-30(18-7-4-3-5-8-18)29-21(17)19-9-6-10-33-19/h3-14H,1-2H3. The summed E-state index contributed by atoms with van der Waals surface area (Å²) < 4.78 is 3.65. The topological polar surface area (TPSA) is 78.0 Å². The van der Waals surface area contributed by atoms with E-state index >= 15 is 0 Å². The molecule has 7 nitrogen and oxygen atoms in total. The van der Waals surface area contributed by atoms with Crippen LogP contribution in [0, 0.1) is 13.8 Å². The highest BCUT2D eigenvalue weighted by Crippen LogP contribution is 2.31. The second-order valence-electron chi connectivity index (χ2n) is 7.87. The molecule has 34 heavy (non-hydrogen) atoms. The van der Waals surface area contributed by atoms with Crippen LogP contribution in [0.1, 0.15) is 16.8 Å². The van der Waals surface area contributed by atoms with Gasteiger partial charge in [0, 0.05) is 22.8 Å². The fourth-order valence-electron chi connectivity index (χ4n) is 3.97. The molecule has 0 spiro atoms. The third-order valence-corrected chi connectivity index (χ3v) is 7.44. The molecule has 0 fully saturated rings. The first-order chi connectivity index (χ1) is 16.6. The summed E-state index contributed by atoms with van der Waals surface area (Å²) >= 11 is 2.97. The van der Waals surface area contributed by atoms with Crippen LogP contribution in [0.3, 0.4) is 0 Å². The Balaban J connectivity index is 1.46. The van der Waals surface area contributed by atoms with E-state index in [1.165, 1.54) is 22.3 Å². The molecular weight excluding hydrogens is 464 g/mol. The molecule has 0 aliphatic carbocycles. The largest absolute Gasteiger partial charge is 0.291 e. The molecule has 0 saturated heterocycles. The number of pyridine rings is 1. The summed E-state index contributed by atoms with van der Waals surface area (Å²) in [7, 11) is 0. The van der Waals surface area contributed by atoms with Gasteiger partial charge in [-0.15, -0.1) is 22.7 Å². The summed E-state index contributed by atoms with van der Waals surface area (Å²) in [4.78, 5) is 24.2. The van der Waals surface area contributed by atoms with Crippen molar-refractivity contribution in [2.45, 2.75) is 13.8 Å². The second-order valence-corrected chi connectivity index (χ2v) is 9.82. The molecule has 5 heterocycles. The van der Waals surface area contributed by atoms with Gasteiger partial charge in [-0.05, 0) is 49.1 Å². The fourth-order valence-corrected chi connectivity index (χ4v) is 5.87. The number of thiophene rings is 2. The monoisotopic (exact) mass is 482 g/mol. The van der Waals surface area contributed by atoms with Gasteiger partial charge in [0.2, 0.25) is 0 Å². The Bertz CT molecular complexity index is 1740. The number of rotatable bonds is 4. The van der Waals surface area contributed by atoms with Crippen molar-refractivity contribution < 1.29 is 0 Å². The van der Waals surface area contributed by atoms with Gasteiger partial charge in [0.15, 0.2) is 0 Å². The first-order valence-corrected chi connectivity index (χ1v) is 12.3. The van der Waals surface area contributed by atoms with Gasteiger partial charge in [0.25, 0.3) is 5.56 Å². The highest BCUT2D eigenvalue weighted by Gasteiger charge is 2.15. The van der Waals surface area contributed by atoms with Gasteiger partial charge in [-0.1, -0.05) is 24.3 Å². The van der Waals surface area contributed by atoms with Crippen molar-refractivity contribution in [2.24, 2.45) is 5.10 Å². The van der Waals surface area contributed by atoms with Crippen LogP contribution in [-0.2, 0) is 0 Å². The Morgan fingerprint density at radius 2 is 1.94 bits per heavy atom. The van der Waals surface area contributed by atoms with Crippen molar-refractivity contribution in [2.75, 3.05) is 0 Å². The molecule has 0 aliphatic heterocycles. The number of hydrogen-bond acceptors (Lipinski definition) is 7. The minimum absolute atomic E-state index is 0.213. The van der Waals surface area contributed by atoms with Crippen LogP contribution >= 0.6 is 22.7 Å². The van der Waals surface area contributed by atoms with Crippen LogP contribution in [0.5, 0.6) is 0 Å². The van der Waals surface area contributed by atoms with E-state index in [1.54, 1.807) is 17.6 Å². The van der Waals surface area contributed by atoms with Crippen LogP contribution in [-0.4, -0.2) is 30.6 Å². The molecule has 0 N–H and O–H groups in total. The fraction of sp³-hybridized carbons (Fsp3) is 0.0800. The van der Waals surface area contributed by atoms with Crippen molar-refractivity contribution in [3.05, 3.63) is 93.6 Å². The minimum atomic E-state index is -0.213. The molecule has 0 amide bonds. The quantitative estimate of drug-likeness (QED) is 0.314. The molecule has 0 atom stereocenters. The van der Waals surface area contributed by atoms with E-state index in [9.17, 15) is 4.79 Å². The van der Waals surface area contributed by atoms with Gasteiger partial charge < -0.3 is 0 Å². The lowest BCUT2D eigenvalue weighted by Crippen LogP contribution is -2.15. The number of aromatic nitrogens is 5. The Labute approximate surface area is 202 Å². The number of fused-ring (bicyclic) bond motifs is 3. The van der Waals surface area contributed by atoms with Crippen LogP contribution in [0.25, 0.3) is 36.7 Å². The molecule has 0 bridgehead atoms. The van der Waals surface area contributed by atoms with E-state index in [0.717, 1.165) is 43.3 Å². The van der Waals surface area contributed by atoms with Crippen molar-refractivity contribution in [1.29, 1.82) is 0 Å². The average molecular weight is 483 g/mol. The first kappa shape index (κ1) is 20.6. The van der Waals surface area contributed by atoms with Crippen molar-refractivity contribution in [3.8, 4) is 16.3 Å². The number of nitrogens with zero attached hydrogens (tertiary/aromatic N) is 6. The van der Waals surface area contributed by atoms with E-state index in [4.69, 9.17) is 5.10 Å². The van der Waals surface area contributed by atoms with Crippen LogP contribution < -0.4 is 5.56 Å². The third kappa shape index (κ3) is 3.46. The zero-order valence-corrected chi connectivity index (χ0v) is 20.0. The van der Waals surface area contributed by atoms with E-state index < -0.39 is 0 Å². The Morgan fingerprint density at radius 1 is 1.09 bits per heavy atom. The maximum Gasteiger partial charge on any atom is 0.291 e. The molecule has 166 valence electrons. The van der Waals surface area contributed by atoms with Crippen molar-refractivity contribution in [3.63, 3.8) is 0 Å². The molecule has 9 heteroatoms. The second kappa shape index (κ2) is 8.12. The molecule has 5 aromatic heterocycles. The summed E-state index contributed by atoms with van der Waals surface area (Å²) in [6, 6.07) is 15.9. The van der Waals surface area contributed by atoms with Crippen molar-refractivity contribution in [1.82, 2.24) is 24.4 Å². The predicted molar refractivity (Wildman–Crippen MR) is 139 cm³/mol. The maximum atomic E-state index is 13.2. The molecule has 6 aromatic rings. The molecule has 0 saturated carbocycles. The zero-order chi connectivity index (χ0) is 23.2. The lowest BCUT2D eigenvalue weighted by Gasteiger charge is -1.99. The summed E-state index contributed by atoms with van der Waals surface area (Å²) in [5.41, 5.74) is 5.02. The van der Waals surface area contributed by atoms with Gasteiger partial charge in [0.1, 0.15) is 21.6 Å². The Hall–Kier alpha value is -3.95. The van der Waals surface area contributed by atoms with E-state index in [0.29, 0.717) is 10.2 Å². The highest BCUT2D eigenvalue weighted by atomic mass is 32.1. The number of para-hydroxylation sites is 1. The van der Waals surface area contributed by atoms with Gasteiger partial charge in [-0.25, -0.2) is 14.6 Å². The molecule has 6 rings (SSSR count). The van der Waals surface area contributed by atoms with Gasteiger partial charge in [0.05, 0.1) is 22.3 Å². The lowest BCUT2D eigenvalue weighted by molar-refractivity contribution is 0.819. The average Bonchev–Trinajstić information content (AvgIpc) is 3.57. The SMILES string of the molecule is Cc1cc(C)c2c(n1)sc1c(=O)n(N=Cc3cn(-c4ccccc4)nc3-c3cccs3)cnc12. The van der Waals surface area contributed by atoms with Gasteiger partial charge >= 0.3 is 0 Å². The molecule has 0 radical (unpaired) electrons. The molecule has 0 aliphatic rings. The van der Waals surface area contributed by atoms with E-state index in [2.05, 4.69) is 15.1 Å². The minimum Gasteiger partial charge on any atom is -0.266 e. The van der Waals surface area contributed by atoms with Crippen LogP contribution in [0.15, 0.2) is 76.3 Å². The predicted octanol–water partition coefficient (Wildman–Crippen LogP) is 5.42. The maximum absolute atomic E-state index is 13.2. The molecular formula is C25H18N6OS2. The normalized spacial score (nSPS) is 11.8. The number of benzene rings is 1. The number of aryl methyl sites for hydroxylation is 2. The lowest BCUT2D eigenvalue weighted by atomic mass is 10.1. The summed E-state index contributed by atoms with van der Waals surface area (Å²) in [5.74, 6) is 0. The van der Waals surface area contributed by atoms with Crippen LogP contribution in [0.2, 0.25) is 0 Å². The van der Waals surface area contributed by atoms with Crippen molar-refractivity contribution >= 4 is 49.3 Å².